The van der Waals surface area contributed by atoms with Crippen LogP contribution in [0, 0.1) is 6.92 Å². The number of hydrogen-bond acceptors (Lipinski definition) is 2. The largest absolute Gasteiger partial charge is 0.496 e. The van der Waals surface area contributed by atoms with Crippen LogP contribution in [0.15, 0.2) is 24.3 Å². The summed E-state index contributed by atoms with van der Waals surface area (Å²) in [6.07, 6.45) is 3.47. The molecule has 0 aromatic heterocycles. The number of hydrogen-bond donors (Lipinski definition) is 1. The number of carbonyl (C=O) groups is 1. The molecule has 1 aromatic carbocycles. The summed E-state index contributed by atoms with van der Waals surface area (Å²) in [7, 11) is 1.63. The molecule has 0 atom stereocenters. The van der Waals surface area contributed by atoms with Gasteiger partial charge in [-0.2, -0.15) is 0 Å². The highest BCUT2D eigenvalue weighted by atomic mass is 16.5. The highest BCUT2D eigenvalue weighted by Crippen LogP contribution is 2.19. The van der Waals surface area contributed by atoms with Gasteiger partial charge in [-0.3, -0.25) is 4.79 Å². The van der Waals surface area contributed by atoms with Gasteiger partial charge >= 0.3 is 5.97 Å². The van der Waals surface area contributed by atoms with Crippen molar-refractivity contribution in [3.8, 4) is 5.75 Å². The number of carboxylic acids is 1. The van der Waals surface area contributed by atoms with Gasteiger partial charge in [-0.15, -0.1) is 0 Å². The van der Waals surface area contributed by atoms with Crippen molar-refractivity contribution >= 4 is 12.0 Å². The van der Waals surface area contributed by atoms with Crippen LogP contribution in [-0.4, -0.2) is 18.2 Å². The van der Waals surface area contributed by atoms with Gasteiger partial charge in [0, 0.05) is 0 Å². The molecule has 0 fully saturated rings. The third-order valence-corrected chi connectivity index (χ3v) is 2.02. The second-order valence-electron chi connectivity index (χ2n) is 3.23. The molecule has 0 bridgehead atoms. The van der Waals surface area contributed by atoms with Gasteiger partial charge in [-0.1, -0.05) is 18.2 Å². The molecule has 3 heteroatoms. The van der Waals surface area contributed by atoms with Crippen LogP contribution in [0.2, 0.25) is 0 Å². The van der Waals surface area contributed by atoms with E-state index in [9.17, 15) is 4.79 Å². The third kappa shape index (κ3) is 3.46. The maximum atomic E-state index is 10.3. The molecule has 0 aliphatic carbocycles. The SMILES string of the molecule is COc1ccc(C=CCC(=O)O)cc1C. The number of aliphatic carboxylic acids is 1. The van der Waals surface area contributed by atoms with Crippen molar-refractivity contribution in [3.05, 3.63) is 35.4 Å². The minimum atomic E-state index is -0.823. The van der Waals surface area contributed by atoms with Crippen LogP contribution >= 0.6 is 0 Å². The minimum absolute atomic E-state index is 0.0467. The fourth-order valence-corrected chi connectivity index (χ4v) is 1.30. The van der Waals surface area contributed by atoms with Crippen LogP contribution in [0.1, 0.15) is 17.5 Å². The molecule has 3 nitrogen and oxygen atoms in total. The summed E-state index contributed by atoms with van der Waals surface area (Å²) in [5.41, 5.74) is 2.02. The number of carboxylic acid groups (broad SMARTS) is 1. The molecule has 1 aromatic rings. The maximum Gasteiger partial charge on any atom is 0.307 e. The van der Waals surface area contributed by atoms with Gasteiger partial charge in [0.1, 0.15) is 5.75 Å². The van der Waals surface area contributed by atoms with Crippen molar-refractivity contribution in [3.63, 3.8) is 0 Å². The Labute approximate surface area is 89.0 Å². The number of ether oxygens (including phenoxy) is 1. The van der Waals surface area contributed by atoms with Gasteiger partial charge in [0.25, 0.3) is 0 Å². The Morgan fingerprint density at radius 2 is 2.27 bits per heavy atom. The summed E-state index contributed by atoms with van der Waals surface area (Å²) in [5, 5.41) is 8.46. The van der Waals surface area contributed by atoms with E-state index in [0.29, 0.717) is 0 Å². The molecule has 0 aliphatic heterocycles. The molecule has 0 heterocycles. The predicted octanol–water partition coefficient (Wildman–Crippen LogP) is 2.49. The first-order chi connectivity index (χ1) is 7.13. The Balaban J connectivity index is 2.75. The summed E-state index contributed by atoms with van der Waals surface area (Å²) in [4.78, 5) is 10.3. The fraction of sp³-hybridized carbons (Fsp3) is 0.250. The van der Waals surface area contributed by atoms with Gasteiger partial charge in [-0.05, 0) is 30.2 Å². The highest BCUT2D eigenvalue weighted by Gasteiger charge is 1.97. The molecule has 15 heavy (non-hydrogen) atoms. The minimum Gasteiger partial charge on any atom is -0.496 e. The second-order valence-corrected chi connectivity index (χ2v) is 3.23. The Kier molecular flexibility index (Phi) is 3.92. The average molecular weight is 206 g/mol. The lowest BCUT2D eigenvalue weighted by atomic mass is 10.1. The first-order valence-electron chi connectivity index (χ1n) is 4.66. The number of benzene rings is 1. The van der Waals surface area contributed by atoms with Gasteiger partial charge in [0.2, 0.25) is 0 Å². The predicted molar refractivity (Wildman–Crippen MR) is 59.0 cm³/mol. The van der Waals surface area contributed by atoms with Crippen molar-refractivity contribution in [1.82, 2.24) is 0 Å². The Morgan fingerprint density at radius 3 is 2.80 bits per heavy atom. The van der Waals surface area contributed by atoms with Crippen molar-refractivity contribution in [2.45, 2.75) is 13.3 Å². The quantitative estimate of drug-likeness (QED) is 0.823. The van der Waals surface area contributed by atoms with E-state index >= 15 is 0 Å². The Morgan fingerprint density at radius 1 is 1.53 bits per heavy atom. The fourth-order valence-electron chi connectivity index (χ4n) is 1.30. The lowest BCUT2D eigenvalue weighted by Gasteiger charge is -2.04. The van der Waals surface area contributed by atoms with E-state index in [1.165, 1.54) is 0 Å². The first kappa shape index (κ1) is 11.3. The van der Waals surface area contributed by atoms with E-state index in [0.717, 1.165) is 16.9 Å². The number of rotatable bonds is 4. The van der Waals surface area contributed by atoms with E-state index in [1.54, 1.807) is 19.3 Å². The monoisotopic (exact) mass is 206 g/mol. The van der Waals surface area contributed by atoms with Crippen LogP contribution in [-0.2, 0) is 4.79 Å². The molecule has 0 aliphatic rings. The van der Waals surface area contributed by atoms with Gasteiger partial charge in [0.05, 0.1) is 13.5 Å². The Bertz CT molecular complexity index is 380. The zero-order valence-electron chi connectivity index (χ0n) is 8.86. The maximum absolute atomic E-state index is 10.3. The summed E-state index contributed by atoms with van der Waals surface area (Å²) >= 11 is 0. The lowest BCUT2D eigenvalue weighted by molar-refractivity contribution is -0.135. The molecule has 0 radical (unpaired) electrons. The normalized spacial score (nSPS) is 10.5. The van der Waals surface area contributed by atoms with Crippen molar-refractivity contribution < 1.29 is 14.6 Å². The summed E-state index contributed by atoms with van der Waals surface area (Å²) in [5.74, 6) is 0.0156. The standard InChI is InChI=1S/C12H14O3/c1-9-8-10(4-3-5-12(13)14)6-7-11(9)15-2/h3-4,6-8H,5H2,1-2H3,(H,13,14). The van der Waals surface area contributed by atoms with Crippen LogP contribution in [0.3, 0.4) is 0 Å². The molecule has 0 amide bonds. The lowest BCUT2D eigenvalue weighted by Crippen LogP contribution is -1.90. The molecule has 0 spiro atoms. The van der Waals surface area contributed by atoms with Crippen LogP contribution < -0.4 is 4.74 Å². The highest BCUT2D eigenvalue weighted by molar-refractivity contribution is 5.70. The zero-order chi connectivity index (χ0) is 11.3. The average Bonchev–Trinajstić information content (AvgIpc) is 2.17. The van der Waals surface area contributed by atoms with Crippen LogP contribution in [0.5, 0.6) is 5.75 Å². The van der Waals surface area contributed by atoms with E-state index < -0.39 is 5.97 Å². The molecule has 0 saturated carbocycles. The number of methoxy groups -OCH3 is 1. The van der Waals surface area contributed by atoms with Crippen LogP contribution in [0.25, 0.3) is 6.08 Å². The zero-order valence-corrected chi connectivity index (χ0v) is 8.86. The molecular weight excluding hydrogens is 192 g/mol. The molecule has 1 rings (SSSR count). The van der Waals surface area contributed by atoms with Crippen LogP contribution in [0.4, 0.5) is 0 Å². The van der Waals surface area contributed by atoms with Gasteiger partial charge in [-0.25, -0.2) is 0 Å². The second kappa shape index (κ2) is 5.20. The smallest absolute Gasteiger partial charge is 0.307 e. The van der Waals surface area contributed by atoms with Crippen molar-refractivity contribution in [2.75, 3.05) is 7.11 Å². The molecule has 0 unspecified atom stereocenters. The van der Waals surface area contributed by atoms with Gasteiger partial charge in [0.15, 0.2) is 0 Å². The van der Waals surface area contributed by atoms with E-state index in [-0.39, 0.29) is 6.42 Å². The molecular formula is C12H14O3. The van der Waals surface area contributed by atoms with E-state index in [4.69, 9.17) is 9.84 Å². The third-order valence-electron chi connectivity index (χ3n) is 2.02. The van der Waals surface area contributed by atoms with E-state index in [1.807, 2.05) is 25.1 Å². The summed E-state index contributed by atoms with van der Waals surface area (Å²) in [6.45, 7) is 1.95. The Hall–Kier alpha value is -1.77. The molecule has 0 saturated heterocycles. The summed E-state index contributed by atoms with van der Waals surface area (Å²) in [6, 6.07) is 5.72. The topological polar surface area (TPSA) is 46.5 Å². The number of aryl methyl sites for hydroxylation is 1. The van der Waals surface area contributed by atoms with Crippen molar-refractivity contribution in [2.24, 2.45) is 0 Å². The van der Waals surface area contributed by atoms with E-state index in [2.05, 4.69) is 0 Å². The van der Waals surface area contributed by atoms with Crippen molar-refractivity contribution in [1.29, 1.82) is 0 Å². The molecule has 80 valence electrons. The van der Waals surface area contributed by atoms with Gasteiger partial charge < -0.3 is 9.84 Å². The summed E-state index contributed by atoms with van der Waals surface area (Å²) < 4.78 is 5.12. The molecule has 1 N–H and O–H groups in total. The first-order valence-corrected chi connectivity index (χ1v) is 4.66.